The third kappa shape index (κ3) is 2.45. The van der Waals surface area contributed by atoms with Gasteiger partial charge in [0.1, 0.15) is 5.84 Å². The molecule has 3 N–H and O–H groups in total. The molecule has 1 heterocycles. The molecule has 5 heteroatoms. The number of nitrogens with zero attached hydrogens (tertiary/aromatic N) is 3. The minimum atomic E-state index is 0.0657. The summed E-state index contributed by atoms with van der Waals surface area (Å²) in [6.45, 7) is 1.93. The zero-order chi connectivity index (χ0) is 13.1. The van der Waals surface area contributed by atoms with Gasteiger partial charge >= 0.3 is 0 Å². The van der Waals surface area contributed by atoms with E-state index >= 15 is 0 Å². The summed E-state index contributed by atoms with van der Waals surface area (Å²) in [6.07, 6.45) is 1.73. The van der Waals surface area contributed by atoms with Gasteiger partial charge in [0.05, 0.1) is 0 Å². The lowest BCUT2D eigenvalue weighted by atomic mass is 10.2. The van der Waals surface area contributed by atoms with Crippen LogP contribution in [0.2, 0.25) is 0 Å². The van der Waals surface area contributed by atoms with E-state index in [0.29, 0.717) is 11.5 Å². The second-order valence-corrected chi connectivity index (χ2v) is 4.02. The van der Waals surface area contributed by atoms with Crippen molar-refractivity contribution in [3.63, 3.8) is 0 Å². The fourth-order valence-corrected chi connectivity index (χ4v) is 1.58. The van der Waals surface area contributed by atoms with Crippen LogP contribution in [0.4, 0.5) is 11.6 Å². The van der Waals surface area contributed by atoms with Crippen LogP contribution < -0.4 is 10.6 Å². The molecule has 1 aromatic carbocycles. The van der Waals surface area contributed by atoms with E-state index in [2.05, 4.69) is 9.97 Å². The number of aryl methyl sites for hydroxylation is 1. The monoisotopic (exact) mass is 241 g/mol. The van der Waals surface area contributed by atoms with E-state index in [-0.39, 0.29) is 5.84 Å². The maximum atomic E-state index is 7.34. The van der Waals surface area contributed by atoms with Gasteiger partial charge in [0, 0.05) is 30.2 Å². The topological polar surface area (TPSA) is 78.9 Å². The number of amidine groups is 1. The SMILES string of the molecule is Cc1ccnc(N(C)c2ccc(C(=N)N)cc2)n1. The fourth-order valence-electron chi connectivity index (χ4n) is 1.58. The van der Waals surface area contributed by atoms with Crippen molar-refractivity contribution in [3.05, 3.63) is 47.8 Å². The Morgan fingerprint density at radius 3 is 2.44 bits per heavy atom. The molecule has 0 atom stereocenters. The summed E-state index contributed by atoms with van der Waals surface area (Å²) in [7, 11) is 1.90. The molecule has 18 heavy (non-hydrogen) atoms. The molecule has 0 aliphatic heterocycles. The Balaban J connectivity index is 2.28. The average molecular weight is 241 g/mol. The number of rotatable bonds is 3. The van der Waals surface area contributed by atoms with Crippen LogP contribution in [-0.4, -0.2) is 22.9 Å². The van der Waals surface area contributed by atoms with Crippen molar-refractivity contribution in [3.8, 4) is 0 Å². The summed E-state index contributed by atoms with van der Waals surface area (Å²) in [5.74, 6) is 0.710. The molecule has 0 amide bonds. The first-order chi connectivity index (χ1) is 8.58. The second kappa shape index (κ2) is 4.83. The van der Waals surface area contributed by atoms with Gasteiger partial charge in [-0.3, -0.25) is 5.41 Å². The Kier molecular flexibility index (Phi) is 3.23. The van der Waals surface area contributed by atoms with E-state index in [1.165, 1.54) is 0 Å². The number of nitrogen functional groups attached to an aromatic ring is 1. The zero-order valence-electron chi connectivity index (χ0n) is 10.4. The number of aromatic nitrogens is 2. The first kappa shape index (κ1) is 12.0. The Labute approximate surface area is 106 Å². The summed E-state index contributed by atoms with van der Waals surface area (Å²) in [4.78, 5) is 10.5. The van der Waals surface area contributed by atoms with Crippen molar-refractivity contribution in [2.75, 3.05) is 11.9 Å². The van der Waals surface area contributed by atoms with Crippen molar-refractivity contribution in [1.29, 1.82) is 5.41 Å². The van der Waals surface area contributed by atoms with E-state index in [1.54, 1.807) is 6.20 Å². The molecule has 0 bridgehead atoms. The van der Waals surface area contributed by atoms with Crippen molar-refractivity contribution < 1.29 is 0 Å². The molecule has 0 saturated heterocycles. The molecule has 5 nitrogen and oxygen atoms in total. The van der Waals surface area contributed by atoms with Gasteiger partial charge < -0.3 is 10.6 Å². The third-order valence-electron chi connectivity index (χ3n) is 2.65. The van der Waals surface area contributed by atoms with Gasteiger partial charge in [-0.15, -0.1) is 0 Å². The summed E-state index contributed by atoms with van der Waals surface area (Å²) < 4.78 is 0. The number of benzene rings is 1. The van der Waals surface area contributed by atoms with E-state index in [4.69, 9.17) is 11.1 Å². The van der Waals surface area contributed by atoms with Crippen molar-refractivity contribution in [1.82, 2.24) is 9.97 Å². The van der Waals surface area contributed by atoms with Gasteiger partial charge in [-0.2, -0.15) is 0 Å². The van der Waals surface area contributed by atoms with Crippen molar-refractivity contribution in [2.24, 2.45) is 5.73 Å². The lowest BCUT2D eigenvalue weighted by Gasteiger charge is -2.17. The van der Waals surface area contributed by atoms with E-state index in [0.717, 1.165) is 11.4 Å². The maximum Gasteiger partial charge on any atom is 0.229 e. The third-order valence-corrected chi connectivity index (χ3v) is 2.65. The summed E-state index contributed by atoms with van der Waals surface area (Å²) >= 11 is 0. The van der Waals surface area contributed by atoms with Gasteiger partial charge in [0.2, 0.25) is 5.95 Å². The van der Waals surface area contributed by atoms with Crippen LogP contribution in [-0.2, 0) is 0 Å². The predicted octanol–water partition coefficient (Wildman–Crippen LogP) is 1.84. The molecule has 2 rings (SSSR count). The van der Waals surface area contributed by atoms with Crippen LogP contribution in [0.1, 0.15) is 11.3 Å². The Morgan fingerprint density at radius 1 is 1.22 bits per heavy atom. The highest BCUT2D eigenvalue weighted by Crippen LogP contribution is 2.20. The Morgan fingerprint density at radius 2 is 1.89 bits per heavy atom. The van der Waals surface area contributed by atoms with Crippen LogP contribution >= 0.6 is 0 Å². The summed E-state index contributed by atoms with van der Waals surface area (Å²) in [5, 5.41) is 7.34. The number of nitrogens with two attached hydrogens (primary N) is 1. The highest BCUT2D eigenvalue weighted by atomic mass is 15.2. The minimum absolute atomic E-state index is 0.0657. The van der Waals surface area contributed by atoms with Gasteiger partial charge in [-0.25, -0.2) is 9.97 Å². The molecular weight excluding hydrogens is 226 g/mol. The standard InChI is InChI=1S/C13H15N5/c1-9-7-8-16-13(17-9)18(2)11-5-3-10(4-6-11)12(14)15/h3-8H,1-2H3,(H3,14,15). The van der Waals surface area contributed by atoms with Crippen molar-refractivity contribution >= 4 is 17.5 Å². The van der Waals surface area contributed by atoms with Gasteiger partial charge in [0.25, 0.3) is 0 Å². The van der Waals surface area contributed by atoms with Gasteiger partial charge in [-0.05, 0) is 37.3 Å². The lowest BCUT2D eigenvalue weighted by Crippen LogP contribution is -2.14. The molecule has 0 saturated carbocycles. The Hall–Kier alpha value is -2.43. The van der Waals surface area contributed by atoms with Gasteiger partial charge in [0.15, 0.2) is 0 Å². The fraction of sp³-hybridized carbons (Fsp3) is 0.154. The molecule has 2 aromatic rings. The number of nitrogens with one attached hydrogen (secondary N) is 1. The average Bonchev–Trinajstić information content (AvgIpc) is 2.38. The van der Waals surface area contributed by atoms with E-state index in [1.807, 2.05) is 49.2 Å². The first-order valence-electron chi connectivity index (χ1n) is 5.56. The number of hydrogen-bond donors (Lipinski definition) is 2. The molecule has 0 unspecified atom stereocenters. The molecule has 92 valence electrons. The predicted molar refractivity (Wildman–Crippen MR) is 72.3 cm³/mol. The number of hydrogen-bond acceptors (Lipinski definition) is 4. The molecular formula is C13H15N5. The minimum Gasteiger partial charge on any atom is -0.384 e. The molecule has 0 radical (unpaired) electrons. The zero-order valence-corrected chi connectivity index (χ0v) is 10.4. The largest absolute Gasteiger partial charge is 0.384 e. The molecule has 0 spiro atoms. The van der Waals surface area contributed by atoms with Crippen molar-refractivity contribution in [2.45, 2.75) is 6.92 Å². The molecule has 0 aliphatic rings. The van der Waals surface area contributed by atoms with Crippen LogP contribution in [0.3, 0.4) is 0 Å². The highest BCUT2D eigenvalue weighted by molar-refractivity contribution is 5.95. The lowest BCUT2D eigenvalue weighted by molar-refractivity contribution is 1.01. The summed E-state index contributed by atoms with van der Waals surface area (Å²) in [6, 6.07) is 9.26. The quantitative estimate of drug-likeness (QED) is 0.634. The smallest absolute Gasteiger partial charge is 0.229 e. The molecule has 1 aromatic heterocycles. The van der Waals surface area contributed by atoms with Crippen LogP contribution in [0.5, 0.6) is 0 Å². The summed E-state index contributed by atoms with van der Waals surface area (Å²) in [5.41, 5.74) is 7.99. The molecule has 0 aliphatic carbocycles. The highest BCUT2D eigenvalue weighted by Gasteiger charge is 2.07. The molecule has 0 fully saturated rings. The normalized spacial score (nSPS) is 10.1. The van der Waals surface area contributed by atoms with E-state index in [9.17, 15) is 0 Å². The van der Waals surface area contributed by atoms with Crippen LogP contribution in [0.25, 0.3) is 0 Å². The van der Waals surface area contributed by atoms with Crippen LogP contribution in [0, 0.1) is 12.3 Å². The van der Waals surface area contributed by atoms with E-state index < -0.39 is 0 Å². The maximum absolute atomic E-state index is 7.34. The second-order valence-electron chi connectivity index (χ2n) is 4.02. The van der Waals surface area contributed by atoms with Crippen LogP contribution in [0.15, 0.2) is 36.5 Å². The Bertz CT molecular complexity index is 562. The first-order valence-corrected chi connectivity index (χ1v) is 5.56. The van der Waals surface area contributed by atoms with Gasteiger partial charge in [-0.1, -0.05) is 0 Å². The number of anilines is 2.